The molecule has 0 saturated carbocycles. The van der Waals surface area contributed by atoms with Crippen molar-refractivity contribution in [3.05, 3.63) is 71.0 Å². The molecule has 0 aliphatic heterocycles. The largest absolute Gasteiger partial charge is 0.496 e. The predicted molar refractivity (Wildman–Crippen MR) is 101 cm³/mol. The topological polar surface area (TPSA) is 51.2 Å². The zero-order valence-electron chi connectivity index (χ0n) is 14.5. The van der Waals surface area contributed by atoms with Crippen molar-refractivity contribution in [2.75, 3.05) is 7.11 Å². The molecule has 4 nitrogen and oxygen atoms in total. The first kappa shape index (κ1) is 18.1. The van der Waals surface area contributed by atoms with E-state index < -0.39 is 0 Å². The standard InChI is InChI=1S/C20H19FN2O2S/c1-13(17-5-3-4-6-18(17)25-2)22-19(24)11-16-12-26-20(23-16)14-7-9-15(21)10-8-14/h3-10,12-13H,11H2,1-2H3,(H,22,24). The molecular formula is C20H19FN2O2S. The third-order valence-electron chi connectivity index (χ3n) is 3.97. The average molecular weight is 370 g/mol. The molecule has 1 N–H and O–H groups in total. The summed E-state index contributed by atoms with van der Waals surface area (Å²) in [7, 11) is 1.61. The molecule has 0 saturated heterocycles. The van der Waals surface area contributed by atoms with Crippen LogP contribution in [0.15, 0.2) is 53.9 Å². The van der Waals surface area contributed by atoms with Crippen LogP contribution in [-0.2, 0) is 11.2 Å². The summed E-state index contributed by atoms with van der Waals surface area (Å²) < 4.78 is 18.4. The molecule has 0 spiro atoms. The molecule has 1 unspecified atom stereocenters. The van der Waals surface area contributed by atoms with Crippen molar-refractivity contribution < 1.29 is 13.9 Å². The Hall–Kier alpha value is -2.73. The molecule has 26 heavy (non-hydrogen) atoms. The molecule has 0 aliphatic carbocycles. The van der Waals surface area contributed by atoms with Gasteiger partial charge in [0.15, 0.2) is 0 Å². The molecule has 0 bridgehead atoms. The lowest BCUT2D eigenvalue weighted by molar-refractivity contribution is -0.121. The maximum atomic E-state index is 13.0. The predicted octanol–water partition coefficient (Wildman–Crippen LogP) is 4.38. The molecule has 0 aliphatic rings. The number of hydrogen-bond donors (Lipinski definition) is 1. The van der Waals surface area contributed by atoms with E-state index in [0.717, 1.165) is 21.9 Å². The van der Waals surface area contributed by atoms with Gasteiger partial charge in [-0.3, -0.25) is 4.79 Å². The first-order chi connectivity index (χ1) is 12.6. The van der Waals surface area contributed by atoms with E-state index in [2.05, 4.69) is 10.3 Å². The highest BCUT2D eigenvalue weighted by Crippen LogP contribution is 2.26. The van der Waals surface area contributed by atoms with Crippen molar-refractivity contribution in [3.63, 3.8) is 0 Å². The summed E-state index contributed by atoms with van der Waals surface area (Å²) in [4.78, 5) is 16.8. The molecule has 0 radical (unpaired) electrons. The Bertz CT molecular complexity index is 893. The second-order valence-corrected chi connectivity index (χ2v) is 6.72. The molecule has 1 heterocycles. The summed E-state index contributed by atoms with van der Waals surface area (Å²) in [6, 6.07) is 13.6. The highest BCUT2D eigenvalue weighted by atomic mass is 32.1. The molecule has 2 aromatic carbocycles. The smallest absolute Gasteiger partial charge is 0.226 e. The van der Waals surface area contributed by atoms with Gasteiger partial charge in [-0.1, -0.05) is 18.2 Å². The second-order valence-electron chi connectivity index (χ2n) is 5.86. The number of methoxy groups -OCH3 is 1. The number of aromatic nitrogens is 1. The van der Waals surface area contributed by atoms with Gasteiger partial charge in [0.25, 0.3) is 0 Å². The molecule has 0 fully saturated rings. The fourth-order valence-corrected chi connectivity index (χ4v) is 3.50. The van der Waals surface area contributed by atoms with Crippen molar-refractivity contribution in [1.29, 1.82) is 0 Å². The Balaban J connectivity index is 1.64. The fourth-order valence-electron chi connectivity index (χ4n) is 2.67. The molecule has 1 aromatic heterocycles. The quantitative estimate of drug-likeness (QED) is 0.701. The third-order valence-corrected chi connectivity index (χ3v) is 4.91. The summed E-state index contributed by atoms with van der Waals surface area (Å²) in [5, 5.41) is 5.59. The van der Waals surface area contributed by atoms with Crippen LogP contribution < -0.4 is 10.1 Å². The number of rotatable bonds is 6. The van der Waals surface area contributed by atoms with Crippen LogP contribution in [0, 0.1) is 5.82 Å². The van der Waals surface area contributed by atoms with Gasteiger partial charge in [0.2, 0.25) is 5.91 Å². The second kappa shape index (κ2) is 8.10. The van der Waals surface area contributed by atoms with Gasteiger partial charge in [-0.25, -0.2) is 9.37 Å². The van der Waals surface area contributed by atoms with E-state index in [1.807, 2.05) is 36.6 Å². The minimum Gasteiger partial charge on any atom is -0.496 e. The average Bonchev–Trinajstić information content (AvgIpc) is 3.10. The lowest BCUT2D eigenvalue weighted by Crippen LogP contribution is -2.28. The zero-order valence-corrected chi connectivity index (χ0v) is 15.3. The number of benzene rings is 2. The van der Waals surface area contributed by atoms with Crippen LogP contribution in [0.5, 0.6) is 5.75 Å². The van der Waals surface area contributed by atoms with Crippen molar-refractivity contribution in [1.82, 2.24) is 10.3 Å². The lowest BCUT2D eigenvalue weighted by atomic mass is 10.1. The van der Waals surface area contributed by atoms with Gasteiger partial charge < -0.3 is 10.1 Å². The van der Waals surface area contributed by atoms with Gasteiger partial charge in [-0.2, -0.15) is 0 Å². The zero-order chi connectivity index (χ0) is 18.5. The van der Waals surface area contributed by atoms with Gasteiger partial charge in [0.1, 0.15) is 16.6 Å². The Kier molecular flexibility index (Phi) is 5.63. The van der Waals surface area contributed by atoms with E-state index in [1.54, 1.807) is 19.2 Å². The summed E-state index contributed by atoms with van der Waals surface area (Å²) in [6.45, 7) is 1.92. The van der Waals surface area contributed by atoms with Gasteiger partial charge in [-0.15, -0.1) is 11.3 Å². The monoisotopic (exact) mass is 370 g/mol. The van der Waals surface area contributed by atoms with Crippen LogP contribution in [0.2, 0.25) is 0 Å². The fraction of sp³-hybridized carbons (Fsp3) is 0.200. The van der Waals surface area contributed by atoms with E-state index in [9.17, 15) is 9.18 Å². The Morgan fingerprint density at radius 1 is 1.23 bits per heavy atom. The van der Waals surface area contributed by atoms with Crippen LogP contribution in [0.25, 0.3) is 10.6 Å². The minimum atomic E-state index is -0.282. The van der Waals surface area contributed by atoms with E-state index in [1.165, 1.54) is 23.5 Å². The molecule has 1 amide bonds. The Morgan fingerprint density at radius 3 is 2.69 bits per heavy atom. The number of halogens is 1. The van der Waals surface area contributed by atoms with E-state index in [4.69, 9.17) is 4.74 Å². The van der Waals surface area contributed by atoms with Gasteiger partial charge >= 0.3 is 0 Å². The maximum Gasteiger partial charge on any atom is 0.226 e. The highest BCUT2D eigenvalue weighted by molar-refractivity contribution is 7.13. The summed E-state index contributed by atoms with van der Waals surface area (Å²) in [5.41, 5.74) is 2.46. The molecule has 6 heteroatoms. The molecule has 3 aromatic rings. The normalized spacial score (nSPS) is 11.8. The van der Waals surface area contributed by atoms with Gasteiger partial charge in [0, 0.05) is 16.5 Å². The van der Waals surface area contributed by atoms with Gasteiger partial charge in [0.05, 0.1) is 25.3 Å². The number of carbonyl (C=O) groups is 1. The van der Waals surface area contributed by atoms with Crippen LogP contribution in [0.3, 0.4) is 0 Å². The number of hydrogen-bond acceptors (Lipinski definition) is 4. The SMILES string of the molecule is COc1ccccc1C(C)NC(=O)Cc1csc(-c2ccc(F)cc2)n1. The number of ether oxygens (including phenoxy) is 1. The van der Waals surface area contributed by atoms with Crippen LogP contribution in [-0.4, -0.2) is 18.0 Å². The van der Waals surface area contributed by atoms with E-state index in [-0.39, 0.29) is 24.2 Å². The summed E-state index contributed by atoms with van der Waals surface area (Å²) in [5.74, 6) is 0.349. The third kappa shape index (κ3) is 4.26. The molecule has 1 atom stereocenters. The van der Waals surface area contributed by atoms with Crippen LogP contribution >= 0.6 is 11.3 Å². The molecular weight excluding hydrogens is 351 g/mol. The molecule has 3 rings (SSSR count). The molecule has 134 valence electrons. The Morgan fingerprint density at radius 2 is 1.96 bits per heavy atom. The summed E-state index contributed by atoms with van der Waals surface area (Å²) in [6.07, 6.45) is 0.192. The van der Waals surface area contributed by atoms with E-state index in [0.29, 0.717) is 5.69 Å². The number of amides is 1. The van der Waals surface area contributed by atoms with Crippen molar-refractivity contribution in [2.45, 2.75) is 19.4 Å². The number of thiazole rings is 1. The Labute approximate surface area is 155 Å². The van der Waals surface area contributed by atoms with E-state index >= 15 is 0 Å². The van der Waals surface area contributed by atoms with Crippen molar-refractivity contribution in [2.24, 2.45) is 0 Å². The number of carbonyl (C=O) groups excluding carboxylic acids is 1. The number of nitrogens with one attached hydrogen (secondary N) is 1. The summed E-state index contributed by atoms with van der Waals surface area (Å²) >= 11 is 1.44. The first-order valence-corrected chi connectivity index (χ1v) is 9.07. The van der Waals surface area contributed by atoms with Gasteiger partial charge in [-0.05, 0) is 37.3 Å². The van der Waals surface area contributed by atoms with Crippen molar-refractivity contribution in [3.8, 4) is 16.3 Å². The van der Waals surface area contributed by atoms with Crippen molar-refractivity contribution >= 4 is 17.2 Å². The van der Waals surface area contributed by atoms with Crippen LogP contribution in [0.4, 0.5) is 4.39 Å². The maximum absolute atomic E-state index is 13.0. The number of nitrogens with zero attached hydrogens (tertiary/aromatic N) is 1. The van der Waals surface area contributed by atoms with Crippen LogP contribution in [0.1, 0.15) is 24.2 Å². The first-order valence-electron chi connectivity index (χ1n) is 8.19. The highest BCUT2D eigenvalue weighted by Gasteiger charge is 2.15. The minimum absolute atomic E-state index is 0.112. The lowest BCUT2D eigenvalue weighted by Gasteiger charge is -2.17. The number of para-hydroxylation sites is 1.